The number of pyridine rings is 1. The highest BCUT2D eigenvalue weighted by Crippen LogP contribution is 2.39. The number of halogens is 1. The first-order chi connectivity index (χ1) is 20.4. The molecule has 0 saturated carbocycles. The highest BCUT2D eigenvalue weighted by molar-refractivity contribution is 6.34. The van der Waals surface area contributed by atoms with Crippen LogP contribution >= 0.6 is 11.6 Å². The number of likely N-dealkylation sites (N-methyl/N-ethyl adjacent to an activating group) is 1. The summed E-state index contributed by atoms with van der Waals surface area (Å²) in [5, 5.41) is 10.8. The molecule has 4 heterocycles. The van der Waals surface area contributed by atoms with Crippen molar-refractivity contribution in [3.05, 3.63) is 53.1 Å². The number of amides is 1. The van der Waals surface area contributed by atoms with Crippen molar-refractivity contribution in [2.75, 3.05) is 44.7 Å². The molecule has 0 spiro atoms. The summed E-state index contributed by atoms with van der Waals surface area (Å²) in [5.74, 6) is 1.05. The van der Waals surface area contributed by atoms with E-state index in [0.29, 0.717) is 65.8 Å². The van der Waals surface area contributed by atoms with Crippen LogP contribution in [0.2, 0.25) is 5.02 Å². The number of rotatable bonds is 7. The molecule has 6 rings (SSSR count). The van der Waals surface area contributed by atoms with Gasteiger partial charge in [-0.15, -0.1) is 0 Å². The van der Waals surface area contributed by atoms with Crippen molar-refractivity contribution < 1.29 is 9.53 Å². The summed E-state index contributed by atoms with van der Waals surface area (Å²) in [4.78, 5) is 33.3. The zero-order valence-corrected chi connectivity index (χ0v) is 25.0. The van der Waals surface area contributed by atoms with E-state index in [0.717, 1.165) is 37.8 Å². The second kappa shape index (κ2) is 11.9. The lowest BCUT2D eigenvalue weighted by Gasteiger charge is -2.41. The number of hydrogen-bond acceptors (Lipinski definition) is 8. The summed E-state index contributed by atoms with van der Waals surface area (Å²) < 4.78 is 6.22. The van der Waals surface area contributed by atoms with Gasteiger partial charge in [0.15, 0.2) is 5.65 Å². The van der Waals surface area contributed by atoms with Crippen molar-refractivity contribution in [1.29, 1.82) is 5.26 Å². The van der Waals surface area contributed by atoms with Gasteiger partial charge in [0.25, 0.3) is 0 Å². The fourth-order valence-electron chi connectivity index (χ4n) is 6.67. The van der Waals surface area contributed by atoms with Gasteiger partial charge in [-0.2, -0.15) is 15.2 Å². The van der Waals surface area contributed by atoms with Crippen LogP contribution in [-0.2, 0) is 17.6 Å². The number of benzene rings is 1. The molecule has 9 nitrogen and oxygen atoms in total. The Kier molecular flexibility index (Phi) is 8.02. The Morgan fingerprint density at radius 3 is 2.83 bits per heavy atom. The summed E-state index contributed by atoms with van der Waals surface area (Å²) in [5.41, 5.74) is 4.92. The maximum atomic E-state index is 12.5. The lowest BCUT2D eigenvalue weighted by molar-refractivity contribution is -0.128. The third-order valence-corrected chi connectivity index (χ3v) is 9.18. The fourth-order valence-corrected chi connectivity index (χ4v) is 6.92. The van der Waals surface area contributed by atoms with Crippen LogP contribution in [-0.4, -0.2) is 82.6 Å². The maximum Gasteiger partial charge on any atom is 0.320 e. The van der Waals surface area contributed by atoms with E-state index in [1.165, 1.54) is 17.2 Å². The van der Waals surface area contributed by atoms with Gasteiger partial charge in [0.2, 0.25) is 5.91 Å². The minimum absolute atomic E-state index is 0.175. The van der Waals surface area contributed by atoms with Crippen molar-refractivity contribution in [2.45, 2.75) is 51.1 Å². The summed E-state index contributed by atoms with van der Waals surface area (Å²) in [6.07, 6.45) is 5.77. The topological polar surface area (TPSA) is 98.5 Å². The Morgan fingerprint density at radius 2 is 2.07 bits per heavy atom. The van der Waals surface area contributed by atoms with Gasteiger partial charge in [0.1, 0.15) is 12.4 Å². The predicted molar refractivity (Wildman–Crippen MR) is 164 cm³/mol. The number of ether oxygens (including phenoxy) is 1. The Bertz CT molecular complexity index is 1570. The quantitative estimate of drug-likeness (QED) is 0.369. The van der Waals surface area contributed by atoms with Gasteiger partial charge in [0.05, 0.1) is 34.6 Å². The third-order valence-electron chi connectivity index (χ3n) is 8.89. The molecule has 1 unspecified atom stereocenters. The molecule has 2 aromatic heterocycles. The molecule has 218 valence electrons. The molecule has 3 aromatic rings. The minimum atomic E-state index is -0.299. The van der Waals surface area contributed by atoms with E-state index in [9.17, 15) is 10.1 Å². The van der Waals surface area contributed by atoms with Crippen LogP contribution in [0.3, 0.4) is 0 Å². The van der Waals surface area contributed by atoms with Gasteiger partial charge in [-0.25, -0.2) is 4.98 Å². The number of likely N-dealkylation sites (tertiary alicyclic amines) is 1. The van der Waals surface area contributed by atoms with Gasteiger partial charge in [-0.1, -0.05) is 43.3 Å². The number of hydrogen-bond donors (Lipinski definition) is 0. The zero-order valence-electron chi connectivity index (χ0n) is 24.2. The van der Waals surface area contributed by atoms with Crippen LogP contribution in [0.15, 0.2) is 36.9 Å². The van der Waals surface area contributed by atoms with Crippen LogP contribution in [0.5, 0.6) is 6.01 Å². The zero-order chi connectivity index (χ0) is 29.4. The summed E-state index contributed by atoms with van der Waals surface area (Å²) >= 11 is 6.97. The second-order valence-electron chi connectivity index (χ2n) is 11.8. The van der Waals surface area contributed by atoms with Crippen LogP contribution in [0.1, 0.15) is 37.3 Å². The Hall–Kier alpha value is -3.74. The van der Waals surface area contributed by atoms with Gasteiger partial charge < -0.3 is 19.4 Å². The molecule has 3 atom stereocenters. The highest BCUT2D eigenvalue weighted by Gasteiger charge is 2.32. The number of anilines is 1. The van der Waals surface area contributed by atoms with Crippen LogP contribution in [0, 0.1) is 17.2 Å². The fraction of sp³-hybridized carbons (Fsp3) is 0.469. The van der Waals surface area contributed by atoms with Crippen molar-refractivity contribution in [3.8, 4) is 23.3 Å². The second-order valence-corrected chi connectivity index (χ2v) is 12.2. The van der Waals surface area contributed by atoms with Gasteiger partial charge in [-0.3, -0.25) is 4.79 Å². The molecule has 10 heteroatoms. The number of fused-ring (bicyclic) bond motifs is 2. The Morgan fingerprint density at radius 1 is 1.21 bits per heavy atom. The van der Waals surface area contributed by atoms with Gasteiger partial charge >= 0.3 is 6.01 Å². The lowest BCUT2D eigenvalue weighted by Crippen LogP contribution is -2.55. The van der Waals surface area contributed by atoms with Crippen LogP contribution in [0.25, 0.3) is 22.3 Å². The first kappa shape index (κ1) is 28.4. The van der Waals surface area contributed by atoms with Crippen LogP contribution in [0.4, 0.5) is 5.82 Å². The lowest BCUT2D eigenvalue weighted by atomic mass is 9.99. The predicted octanol–water partition coefficient (Wildman–Crippen LogP) is 4.67. The molecule has 2 saturated heterocycles. The molecule has 0 N–H and O–H groups in total. The number of carbonyl (C=O) groups is 1. The molecule has 0 radical (unpaired) electrons. The van der Waals surface area contributed by atoms with E-state index in [1.54, 1.807) is 4.90 Å². The summed E-state index contributed by atoms with van der Waals surface area (Å²) in [6, 6.07) is 10.8. The molecule has 1 aliphatic carbocycles. The first-order valence-electron chi connectivity index (χ1n) is 14.7. The minimum Gasteiger partial charge on any atom is -0.462 e. The normalized spacial score (nSPS) is 22.3. The van der Waals surface area contributed by atoms with Crippen molar-refractivity contribution in [3.63, 3.8) is 0 Å². The maximum absolute atomic E-state index is 12.5. The van der Waals surface area contributed by atoms with E-state index in [1.807, 2.05) is 6.07 Å². The Labute approximate surface area is 251 Å². The van der Waals surface area contributed by atoms with E-state index < -0.39 is 0 Å². The molecular weight excluding hydrogens is 550 g/mol. The van der Waals surface area contributed by atoms with E-state index in [-0.39, 0.29) is 24.4 Å². The Balaban J connectivity index is 1.42. The monoisotopic (exact) mass is 585 g/mol. The van der Waals surface area contributed by atoms with Gasteiger partial charge in [-0.05, 0) is 68.5 Å². The molecule has 3 aliphatic rings. The average molecular weight is 586 g/mol. The first-order valence-corrected chi connectivity index (χ1v) is 15.1. The third kappa shape index (κ3) is 5.41. The van der Waals surface area contributed by atoms with Crippen molar-refractivity contribution >= 4 is 34.4 Å². The van der Waals surface area contributed by atoms with Crippen LogP contribution < -0.4 is 9.64 Å². The number of nitriles is 1. The van der Waals surface area contributed by atoms with Gasteiger partial charge in [0, 0.05) is 31.2 Å². The molecule has 42 heavy (non-hydrogen) atoms. The number of nitrogens with zero attached hydrogens (tertiary/aromatic N) is 7. The number of aromatic nitrogens is 3. The SMILES string of the molecule is C=CC(=O)N1CCN(c2nc(OC[C@@H]3CCCN3C)nc3nc(-c4cccc5c4CC(C)C5)c(Cl)cc23)C[C@@H]1CC#N. The summed E-state index contributed by atoms with van der Waals surface area (Å²) in [6.45, 7) is 8.86. The molecular formula is C32H36ClN7O2. The summed E-state index contributed by atoms with van der Waals surface area (Å²) in [7, 11) is 2.11. The van der Waals surface area contributed by atoms with Crippen molar-refractivity contribution in [2.24, 2.45) is 5.92 Å². The highest BCUT2D eigenvalue weighted by atomic mass is 35.5. The molecule has 1 amide bonds. The molecule has 0 bridgehead atoms. The van der Waals surface area contributed by atoms with Crippen molar-refractivity contribution in [1.82, 2.24) is 24.8 Å². The average Bonchev–Trinajstić information content (AvgIpc) is 3.59. The number of carbonyl (C=O) groups excluding carboxylic acids is 1. The molecule has 2 aliphatic heterocycles. The molecule has 1 aromatic carbocycles. The largest absolute Gasteiger partial charge is 0.462 e. The molecule has 2 fully saturated rings. The van der Waals surface area contributed by atoms with E-state index >= 15 is 0 Å². The van der Waals surface area contributed by atoms with E-state index in [4.69, 9.17) is 31.3 Å². The standard InChI is InChI=1S/C32H36ClN7O2/c1-4-28(41)40-14-13-39(18-22(40)10-11-34)31-26-17-27(33)29(24-9-5-7-21-15-20(2)16-25(21)24)35-30(26)36-32(37-31)42-19-23-8-6-12-38(23)3/h4-5,7,9,17,20,22-23H,1,6,8,10,12-16,18-19H2,2-3H3/t20?,22-,23-/m0/s1. The number of piperazine rings is 1. The van der Waals surface area contributed by atoms with E-state index in [2.05, 4.69) is 54.6 Å². The smallest absolute Gasteiger partial charge is 0.320 e.